The van der Waals surface area contributed by atoms with Crippen LogP contribution in [0.25, 0.3) is 11.4 Å². The van der Waals surface area contributed by atoms with Crippen molar-refractivity contribution in [2.75, 3.05) is 16.9 Å². The van der Waals surface area contributed by atoms with E-state index in [2.05, 4.69) is 20.5 Å². The predicted molar refractivity (Wildman–Crippen MR) is 93.9 cm³/mol. The Morgan fingerprint density at radius 3 is 2.75 bits per heavy atom. The summed E-state index contributed by atoms with van der Waals surface area (Å²) in [5, 5.41) is 11.4. The highest BCUT2D eigenvalue weighted by Crippen LogP contribution is 2.21. The van der Waals surface area contributed by atoms with Crippen molar-refractivity contribution in [3.8, 4) is 11.4 Å². The molecule has 24 heavy (non-hydrogen) atoms. The molecule has 3 aromatic rings. The van der Waals surface area contributed by atoms with Gasteiger partial charge in [0.2, 0.25) is 11.1 Å². The lowest BCUT2D eigenvalue weighted by Crippen LogP contribution is -2.17. The molecule has 2 heterocycles. The highest BCUT2D eigenvalue weighted by atomic mass is 32.2. The van der Waals surface area contributed by atoms with Crippen molar-refractivity contribution in [1.82, 2.24) is 19.9 Å². The molecule has 0 aliphatic carbocycles. The fourth-order valence-electron chi connectivity index (χ4n) is 2.07. The van der Waals surface area contributed by atoms with Gasteiger partial charge in [0.1, 0.15) is 5.82 Å². The van der Waals surface area contributed by atoms with E-state index in [-0.39, 0.29) is 11.7 Å². The van der Waals surface area contributed by atoms with E-state index in [1.54, 1.807) is 6.20 Å². The Bertz CT molecular complexity index is 849. The van der Waals surface area contributed by atoms with Crippen LogP contribution in [0, 0.1) is 6.92 Å². The van der Waals surface area contributed by atoms with E-state index < -0.39 is 0 Å². The number of aryl methyl sites for hydroxylation is 1. The van der Waals surface area contributed by atoms with Gasteiger partial charge >= 0.3 is 0 Å². The Hall–Kier alpha value is -2.87. The number of amides is 1. The van der Waals surface area contributed by atoms with Gasteiger partial charge in [0.05, 0.1) is 5.75 Å². The fourth-order valence-corrected chi connectivity index (χ4v) is 2.73. The fraction of sp³-hybridized carbons (Fsp3) is 0.125. The monoisotopic (exact) mass is 340 g/mol. The van der Waals surface area contributed by atoms with Gasteiger partial charge in [0.15, 0.2) is 5.82 Å². The van der Waals surface area contributed by atoms with Crippen molar-refractivity contribution in [2.45, 2.75) is 12.1 Å². The maximum absolute atomic E-state index is 12.1. The molecule has 0 radical (unpaired) electrons. The number of nitrogens with one attached hydrogen (secondary N) is 1. The maximum atomic E-state index is 12.1. The molecule has 2 aromatic heterocycles. The molecule has 7 nitrogen and oxygen atoms in total. The molecular formula is C16H16N6OS. The highest BCUT2D eigenvalue weighted by molar-refractivity contribution is 7.99. The number of nitrogens with zero attached hydrogens (tertiary/aromatic N) is 4. The van der Waals surface area contributed by atoms with Crippen molar-refractivity contribution < 1.29 is 4.79 Å². The van der Waals surface area contributed by atoms with Crippen LogP contribution in [0.15, 0.2) is 53.8 Å². The van der Waals surface area contributed by atoms with E-state index in [1.165, 1.54) is 16.4 Å². The molecule has 0 fully saturated rings. The maximum Gasteiger partial charge on any atom is 0.236 e. The number of pyridine rings is 1. The van der Waals surface area contributed by atoms with Gasteiger partial charge in [-0.2, -0.15) is 0 Å². The quantitative estimate of drug-likeness (QED) is 0.545. The Morgan fingerprint density at radius 2 is 2.00 bits per heavy atom. The first-order valence-electron chi connectivity index (χ1n) is 7.25. The van der Waals surface area contributed by atoms with Gasteiger partial charge < -0.3 is 11.2 Å². The van der Waals surface area contributed by atoms with E-state index in [9.17, 15) is 4.79 Å². The van der Waals surface area contributed by atoms with Gasteiger partial charge in [0, 0.05) is 11.8 Å². The van der Waals surface area contributed by atoms with Crippen LogP contribution in [0.1, 0.15) is 5.56 Å². The molecule has 0 aliphatic rings. The summed E-state index contributed by atoms with van der Waals surface area (Å²) in [5.41, 5.74) is 1.78. The number of hydrogen-bond donors (Lipinski definition) is 2. The highest BCUT2D eigenvalue weighted by Gasteiger charge is 2.14. The topological polar surface area (TPSA) is 98.7 Å². The van der Waals surface area contributed by atoms with Crippen molar-refractivity contribution in [3.05, 3.63) is 54.2 Å². The summed E-state index contributed by atoms with van der Waals surface area (Å²) in [6.07, 6.45) is 1.64. The summed E-state index contributed by atoms with van der Waals surface area (Å²) >= 11 is 1.22. The lowest BCUT2D eigenvalue weighted by molar-refractivity contribution is -0.113. The average Bonchev–Trinajstić information content (AvgIpc) is 2.97. The molecule has 1 aromatic carbocycles. The van der Waals surface area contributed by atoms with Crippen LogP contribution in [0.3, 0.4) is 0 Å². The number of thioether (sulfide) groups is 1. The normalized spacial score (nSPS) is 10.5. The van der Waals surface area contributed by atoms with Gasteiger partial charge in [0.25, 0.3) is 0 Å². The number of rotatable bonds is 5. The van der Waals surface area contributed by atoms with Crippen molar-refractivity contribution >= 4 is 23.5 Å². The second-order valence-electron chi connectivity index (χ2n) is 5.05. The van der Waals surface area contributed by atoms with Crippen LogP contribution >= 0.6 is 11.8 Å². The summed E-state index contributed by atoms with van der Waals surface area (Å²) in [6.45, 7) is 1.89. The number of nitrogens with two attached hydrogens (primary N) is 1. The zero-order valence-electron chi connectivity index (χ0n) is 13.0. The van der Waals surface area contributed by atoms with Crippen LogP contribution in [0.5, 0.6) is 0 Å². The van der Waals surface area contributed by atoms with Gasteiger partial charge in [-0.1, -0.05) is 48.2 Å². The zero-order chi connectivity index (χ0) is 16.9. The van der Waals surface area contributed by atoms with Gasteiger partial charge in [-0.05, 0) is 18.6 Å². The number of anilines is 1. The molecule has 1 amide bonds. The number of hydrogen-bond acceptors (Lipinski definition) is 6. The number of benzene rings is 1. The first kappa shape index (κ1) is 16.0. The van der Waals surface area contributed by atoms with Crippen molar-refractivity contribution in [1.29, 1.82) is 0 Å². The van der Waals surface area contributed by atoms with E-state index >= 15 is 0 Å². The Labute approximate surface area is 143 Å². The minimum atomic E-state index is -0.175. The number of aromatic nitrogens is 4. The first-order chi connectivity index (χ1) is 11.6. The predicted octanol–water partition coefficient (Wildman–Crippen LogP) is 2.09. The van der Waals surface area contributed by atoms with Gasteiger partial charge in [-0.15, -0.1) is 10.2 Å². The van der Waals surface area contributed by atoms with E-state index in [1.807, 2.05) is 49.4 Å². The van der Waals surface area contributed by atoms with Crippen LogP contribution in [0.2, 0.25) is 0 Å². The molecule has 0 spiro atoms. The molecule has 122 valence electrons. The number of carbonyl (C=O) groups is 1. The van der Waals surface area contributed by atoms with E-state index in [4.69, 9.17) is 5.84 Å². The molecule has 8 heteroatoms. The zero-order valence-corrected chi connectivity index (χ0v) is 13.8. The largest absolute Gasteiger partial charge is 0.335 e. The summed E-state index contributed by atoms with van der Waals surface area (Å²) in [4.78, 5) is 16.2. The van der Waals surface area contributed by atoms with Crippen LogP contribution < -0.4 is 11.2 Å². The van der Waals surface area contributed by atoms with Crippen molar-refractivity contribution in [2.24, 2.45) is 0 Å². The minimum absolute atomic E-state index is 0.167. The number of carbonyl (C=O) groups excluding carboxylic acids is 1. The molecule has 0 bridgehead atoms. The molecule has 0 saturated carbocycles. The molecule has 0 aliphatic heterocycles. The Morgan fingerprint density at radius 1 is 1.21 bits per heavy atom. The van der Waals surface area contributed by atoms with Crippen LogP contribution in [-0.4, -0.2) is 31.5 Å². The smallest absolute Gasteiger partial charge is 0.236 e. The second-order valence-corrected chi connectivity index (χ2v) is 5.99. The van der Waals surface area contributed by atoms with Crippen LogP contribution in [-0.2, 0) is 4.79 Å². The van der Waals surface area contributed by atoms with Gasteiger partial charge in [-0.3, -0.25) is 4.79 Å². The third-order valence-electron chi connectivity index (χ3n) is 3.30. The Kier molecular flexibility index (Phi) is 4.76. The molecule has 3 N–H and O–H groups in total. The van der Waals surface area contributed by atoms with Crippen LogP contribution in [0.4, 0.5) is 5.82 Å². The van der Waals surface area contributed by atoms with E-state index in [0.717, 1.165) is 11.1 Å². The molecular weight excluding hydrogens is 324 g/mol. The summed E-state index contributed by atoms with van der Waals surface area (Å²) < 4.78 is 1.39. The molecule has 0 unspecified atom stereocenters. The Balaban J connectivity index is 1.64. The minimum Gasteiger partial charge on any atom is -0.335 e. The molecule has 0 atom stereocenters. The standard InChI is InChI=1S/C16H16N6OS/c1-11-6-5-9-18-14(11)19-13(23)10-24-16-21-20-15(22(16)17)12-7-3-2-4-8-12/h2-9H,10,17H2,1H3,(H,18,19,23). The molecule has 3 rings (SSSR count). The van der Waals surface area contributed by atoms with E-state index in [0.29, 0.717) is 16.8 Å². The third-order valence-corrected chi connectivity index (χ3v) is 4.24. The third kappa shape index (κ3) is 3.54. The first-order valence-corrected chi connectivity index (χ1v) is 8.24. The molecule has 0 saturated heterocycles. The summed E-state index contributed by atoms with van der Waals surface area (Å²) in [7, 11) is 0. The number of nitrogen functional groups attached to an aromatic ring is 1. The average molecular weight is 340 g/mol. The lowest BCUT2D eigenvalue weighted by atomic mass is 10.2. The summed E-state index contributed by atoms with van der Waals surface area (Å²) in [5.74, 6) is 7.13. The lowest BCUT2D eigenvalue weighted by Gasteiger charge is -2.06. The van der Waals surface area contributed by atoms with Crippen molar-refractivity contribution in [3.63, 3.8) is 0 Å². The second kappa shape index (κ2) is 7.14. The SMILES string of the molecule is Cc1cccnc1NC(=O)CSc1nnc(-c2ccccc2)n1N. The summed E-state index contributed by atoms with van der Waals surface area (Å²) in [6, 6.07) is 13.2. The van der Waals surface area contributed by atoms with Gasteiger partial charge in [-0.25, -0.2) is 9.66 Å².